The van der Waals surface area contributed by atoms with Crippen LogP contribution in [0.4, 0.5) is 13.2 Å². The van der Waals surface area contributed by atoms with Gasteiger partial charge in [0.15, 0.2) is 11.6 Å². The van der Waals surface area contributed by atoms with Gasteiger partial charge in [0.05, 0.1) is 29.8 Å². The number of aryl methyl sites for hydroxylation is 1. The van der Waals surface area contributed by atoms with Gasteiger partial charge in [-0.1, -0.05) is 18.2 Å². The van der Waals surface area contributed by atoms with E-state index >= 15 is 4.39 Å². The molecule has 3 heterocycles. The number of thioether (sulfide) groups is 1. The summed E-state index contributed by atoms with van der Waals surface area (Å²) in [5.74, 6) is -1.60. The molecule has 0 aliphatic carbocycles. The molecule has 2 aromatic carbocycles. The minimum atomic E-state index is -0.687. The van der Waals surface area contributed by atoms with E-state index in [9.17, 15) is 13.6 Å². The molecule has 0 spiro atoms. The highest BCUT2D eigenvalue weighted by atomic mass is 32.2. The third kappa shape index (κ3) is 4.36. The predicted octanol–water partition coefficient (Wildman–Crippen LogP) is 5.95. The highest BCUT2D eigenvalue weighted by Crippen LogP contribution is 2.44. The van der Waals surface area contributed by atoms with Crippen molar-refractivity contribution in [3.8, 4) is 16.9 Å². The zero-order chi connectivity index (χ0) is 26.4. The van der Waals surface area contributed by atoms with Crippen LogP contribution in [-0.4, -0.2) is 22.4 Å². The van der Waals surface area contributed by atoms with Gasteiger partial charge >= 0.3 is 0 Å². The summed E-state index contributed by atoms with van der Waals surface area (Å²) in [7, 11) is 1.35. The molecule has 1 aliphatic heterocycles. The molecule has 37 heavy (non-hydrogen) atoms. The summed E-state index contributed by atoms with van der Waals surface area (Å²) in [6.45, 7) is 3.61. The Kier molecular flexibility index (Phi) is 6.91. The first kappa shape index (κ1) is 25.6. The van der Waals surface area contributed by atoms with Gasteiger partial charge in [0, 0.05) is 34.4 Å². The van der Waals surface area contributed by atoms with Gasteiger partial charge in [-0.15, -0.1) is 23.1 Å². The molecule has 5 rings (SSSR count). The first-order valence-electron chi connectivity index (χ1n) is 11.6. The molecule has 0 amide bonds. The Balaban J connectivity index is 1.77. The van der Waals surface area contributed by atoms with Crippen LogP contribution in [0.2, 0.25) is 0 Å². The van der Waals surface area contributed by atoms with E-state index in [2.05, 4.69) is 4.98 Å². The monoisotopic (exact) mass is 543 g/mol. The Morgan fingerprint density at radius 2 is 1.84 bits per heavy atom. The van der Waals surface area contributed by atoms with Gasteiger partial charge in [0.25, 0.3) is 5.56 Å². The summed E-state index contributed by atoms with van der Waals surface area (Å²) in [4.78, 5) is 19.4. The number of fused-ring (bicyclic) bond motifs is 1. The van der Waals surface area contributed by atoms with Crippen LogP contribution in [0.1, 0.15) is 38.7 Å². The van der Waals surface area contributed by atoms with Crippen LogP contribution in [0.3, 0.4) is 0 Å². The third-order valence-corrected chi connectivity index (χ3v) is 8.91. The number of benzene rings is 2. The van der Waals surface area contributed by atoms with Crippen molar-refractivity contribution >= 4 is 23.1 Å². The number of nitrogens with zero attached hydrogens (tertiary/aromatic N) is 2. The molecule has 10 heteroatoms. The van der Waals surface area contributed by atoms with Gasteiger partial charge in [-0.3, -0.25) is 9.36 Å². The minimum Gasteiger partial charge on any atom is -0.494 e. The first-order valence-corrected chi connectivity index (χ1v) is 13.4. The van der Waals surface area contributed by atoms with Crippen LogP contribution in [-0.2, 0) is 6.42 Å². The molecular formula is C27H24F3N3O2S2. The van der Waals surface area contributed by atoms with Crippen LogP contribution >= 0.6 is 23.1 Å². The van der Waals surface area contributed by atoms with E-state index in [1.54, 1.807) is 23.8 Å². The van der Waals surface area contributed by atoms with Crippen LogP contribution in [0.15, 0.2) is 52.4 Å². The average molecular weight is 544 g/mol. The van der Waals surface area contributed by atoms with E-state index in [4.69, 9.17) is 10.5 Å². The Bertz CT molecular complexity index is 1550. The van der Waals surface area contributed by atoms with Gasteiger partial charge in [-0.05, 0) is 43.2 Å². The molecule has 2 unspecified atom stereocenters. The fraction of sp³-hybridized carbons (Fsp3) is 0.259. The molecule has 0 saturated carbocycles. The molecular weight excluding hydrogens is 519 g/mol. The number of methoxy groups -OCH3 is 1. The smallest absolute Gasteiger partial charge is 0.260 e. The molecule has 1 aliphatic rings. The van der Waals surface area contributed by atoms with Crippen molar-refractivity contribution in [2.75, 3.05) is 12.9 Å². The molecule has 2 atom stereocenters. The summed E-state index contributed by atoms with van der Waals surface area (Å²) >= 11 is 2.85. The number of aromatic nitrogens is 2. The van der Waals surface area contributed by atoms with Gasteiger partial charge < -0.3 is 10.5 Å². The topological polar surface area (TPSA) is 70.1 Å². The Morgan fingerprint density at radius 3 is 2.49 bits per heavy atom. The predicted molar refractivity (Wildman–Crippen MR) is 140 cm³/mol. The number of pyridine rings is 1. The summed E-state index contributed by atoms with van der Waals surface area (Å²) in [5.41, 5.74) is 7.25. The number of hydrogen-bond donors (Lipinski definition) is 1. The third-order valence-electron chi connectivity index (χ3n) is 6.67. The summed E-state index contributed by atoms with van der Waals surface area (Å²) in [5, 5.41) is 1.25. The normalized spacial score (nSPS) is 15.6. The summed E-state index contributed by atoms with van der Waals surface area (Å²) < 4.78 is 51.5. The highest BCUT2D eigenvalue weighted by molar-refractivity contribution is 7.99. The number of halogens is 3. The second-order valence-electron chi connectivity index (χ2n) is 8.87. The Hall–Kier alpha value is -3.08. The molecule has 0 fully saturated rings. The molecule has 0 saturated heterocycles. The van der Waals surface area contributed by atoms with Crippen molar-refractivity contribution in [2.24, 2.45) is 5.73 Å². The standard InChI is InChI=1S/C27H24F3N3O2S2/c1-13-11-32-25(37-13)24(31)20-12-36-27-16(10-17-18(28)7-5-8-19(17)29)14(2)22(26(34)33(20)27)15-6-4-9-21(35-3)23(15)30/h4-9,11,20,24H,10,12,31H2,1-3H3. The van der Waals surface area contributed by atoms with Crippen LogP contribution in [0.5, 0.6) is 5.75 Å². The van der Waals surface area contributed by atoms with E-state index in [-0.39, 0.29) is 28.9 Å². The molecule has 2 N–H and O–H groups in total. The van der Waals surface area contributed by atoms with Gasteiger partial charge in [-0.2, -0.15) is 0 Å². The highest BCUT2D eigenvalue weighted by Gasteiger charge is 2.36. The maximum absolute atomic E-state index is 15.4. The van der Waals surface area contributed by atoms with Crippen molar-refractivity contribution in [1.82, 2.24) is 9.55 Å². The lowest BCUT2D eigenvalue weighted by Gasteiger charge is -2.23. The lowest BCUT2D eigenvalue weighted by atomic mass is 9.93. The maximum Gasteiger partial charge on any atom is 0.260 e. The van der Waals surface area contributed by atoms with Crippen LogP contribution in [0.25, 0.3) is 11.1 Å². The maximum atomic E-state index is 15.4. The van der Waals surface area contributed by atoms with E-state index in [0.717, 1.165) is 4.88 Å². The summed E-state index contributed by atoms with van der Waals surface area (Å²) in [6, 6.07) is 7.20. The van der Waals surface area contributed by atoms with Crippen molar-refractivity contribution in [1.29, 1.82) is 0 Å². The Morgan fingerprint density at radius 1 is 1.14 bits per heavy atom. The fourth-order valence-electron chi connectivity index (χ4n) is 4.75. The van der Waals surface area contributed by atoms with E-state index < -0.39 is 35.1 Å². The number of ether oxygens (including phenoxy) is 1. The second kappa shape index (κ2) is 10.00. The number of thiazole rings is 1. The van der Waals surface area contributed by atoms with Gasteiger partial charge in [0.2, 0.25) is 0 Å². The summed E-state index contributed by atoms with van der Waals surface area (Å²) in [6.07, 6.45) is 1.62. The zero-order valence-electron chi connectivity index (χ0n) is 20.3. The lowest BCUT2D eigenvalue weighted by Crippen LogP contribution is -2.33. The zero-order valence-corrected chi connectivity index (χ0v) is 22.0. The average Bonchev–Trinajstić information content (AvgIpc) is 3.51. The molecule has 0 radical (unpaired) electrons. The van der Waals surface area contributed by atoms with Crippen molar-refractivity contribution in [3.05, 3.63) is 97.0 Å². The molecule has 0 bridgehead atoms. The molecule has 4 aromatic rings. The van der Waals surface area contributed by atoms with Crippen molar-refractivity contribution < 1.29 is 17.9 Å². The Labute approximate surface area is 220 Å². The van der Waals surface area contributed by atoms with Crippen molar-refractivity contribution in [3.63, 3.8) is 0 Å². The second-order valence-corrected chi connectivity index (χ2v) is 11.1. The molecule has 2 aromatic heterocycles. The van der Waals surface area contributed by atoms with Crippen LogP contribution in [0, 0.1) is 31.3 Å². The van der Waals surface area contributed by atoms with E-state index in [1.807, 2.05) is 6.92 Å². The van der Waals surface area contributed by atoms with Gasteiger partial charge in [0.1, 0.15) is 16.6 Å². The number of nitrogens with two attached hydrogens (primary N) is 1. The lowest BCUT2D eigenvalue weighted by molar-refractivity contribution is 0.387. The van der Waals surface area contributed by atoms with E-state index in [0.29, 0.717) is 26.9 Å². The largest absolute Gasteiger partial charge is 0.494 e. The number of hydrogen-bond acceptors (Lipinski definition) is 6. The SMILES string of the molecule is COc1cccc(-c2c(C)c(Cc3c(F)cccc3F)c3n(c2=O)C(C(N)c2ncc(C)s2)CS3)c1F. The van der Waals surface area contributed by atoms with Gasteiger partial charge in [-0.25, -0.2) is 18.2 Å². The minimum absolute atomic E-state index is 0.00983. The quantitative estimate of drug-likeness (QED) is 0.325. The number of rotatable bonds is 6. The molecule has 192 valence electrons. The first-order chi connectivity index (χ1) is 17.7. The van der Waals surface area contributed by atoms with Crippen LogP contribution < -0.4 is 16.0 Å². The molecule has 5 nitrogen and oxygen atoms in total. The van der Waals surface area contributed by atoms with E-state index in [1.165, 1.54) is 60.5 Å². The fourth-order valence-corrected chi connectivity index (χ4v) is 7.02. The van der Waals surface area contributed by atoms with Crippen molar-refractivity contribution in [2.45, 2.75) is 37.4 Å².